The summed E-state index contributed by atoms with van der Waals surface area (Å²) >= 11 is 0. The van der Waals surface area contributed by atoms with E-state index in [1.54, 1.807) is 0 Å². The van der Waals surface area contributed by atoms with Crippen LogP contribution in [0.25, 0.3) is 0 Å². The van der Waals surface area contributed by atoms with E-state index in [2.05, 4.69) is 0 Å². The number of rotatable bonds is 4. The second-order valence-electron chi connectivity index (χ2n) is 5.50. The van der Waals surface area contributed by atoms with Gasteiger partial charge in [0.2, 0.25) is 0 Å². The third-order valence-corrected chi connectivity index (χ3v) is 4.44. The molecule has 3 unspecified atom stereocenters. The van der Waals surface area contributed by atoms with Gasteiger partial charge in [-0.15, -0.1) is 0 Å². The van der Waals surface area contributed by atoms with E-state index in [0.717, 1.165) is 24.8 Å². The maximum atomic E-state index is 11.5. The molecule has 0 bridgehead atoms. The quantitative estimate of drug-likeness (QED) is 0.876. The Morgan fingerprint density at radius 2 is 2.05 bits per heavy atom. The lowest BCUT2D eigenvalue weighted by molar-refractivity contribution is -0.157. The van der Waals surface area contributed by atoms with Crippen LogP contribution in [0.2, 0.25) is 0 Å². The van der Waals surface area contributed by atoms with Gasteiger partial charge in [0.05, 0.1) is 11.5 Å². The fraction of sp³-hybridized carbons (Fsp3) is 0.562. The van der Waals surface area contributed by atoms with Gasteiger partial charge >= 0.3 is 5.97 Å². The second kappa shape index (κ2) is 5.74. The highest BCUT2D eigenvalue weighted by Gasteiger charge is 2.48. The molecule has 3 atom stereocenters. The molecule has 2 N–H and O–H groups in total. The van der Waals surface area contributed by atoms with Crippen molar-refractivity contribution in [2.24, 2.45) is 5.92 Å². The van der Waals surface area contributed by atoms with Gasteiger partial charge in [-0.3, -0.25) is 4.79 Å². The van der Waals surface area contributed by atoms with Crippen molar-refractivity contribution in [2.75, 3.05) is 0 Å². The van der Waals surface area contributed by atoms with E-state index in [0.29, 0.717) is 12.8 Å². The minimum atomic E-state index is -1.11. The molecule has 0 aromatic heterocycles. The van der Waals surface area contributed by atoms with Crippen molar-refractivity contribution in [2.45, 2.75) is 50.5 Å². The van der Waals surface area contributed by atoms with E-state index in [4.69, 9.17) is 0 Å². The zero-order chi connectivity index (χ0) is 13.9. The molecule has 1 aromatic carbocycles. The fourth-order valence-corrected chi connectivity index (χ4v) is 3.48. The van der Waals surface area contributed by atoms with Crippen molar-refractivity contribution >= 4 is 5.97 Å². The number of hydrogen-bond donors (Lipinski definition) is 2. The number of hydrogen-bond acceptors (Lipinski definition) is 2. The predicted octanol–water partition coefficient (Wildman–Crippen LogP) is 3.19. The van der Waals surface area contributed by atoms with Gasteiger partial charge in [-0.25, -0.2) is 0 Å². The summed E-state index contributed by atoms with van der Waals surface area (Å²) in [5.41, 5.74) is -0.0513. The Balaban J connectivity index is 2.36. The molecule has 0 heterocycles. The molecule has 3 nitrogen and oxygen atoms in total. The van der Waals surface area contributed by atoms with Gasteiger partial charge in [0.25, 0.3) is 0 Å². The molecule has 19 heavy (non-hydrogen) atoms. The topological polar surface area (TPSA) is 57.5 Å². The molecular formula is C16H22O3. The zero-order valence-corrected chi connectivity index (χ0v) is 11.4. The van der Waals surface area contributed by atoms with Crippen LogP contribution in [0.5, 0.6) is 0 Å². The normalized spacial score (nSPS) is 28.8. The third kappa shape index (κ3) is 2.66. The molecule has 1 aromatic rings. The maximum Gasteiger partial charge on any atom is 0.309 e. The molecule has 1 fully saturated rings. The number of carboxylic acids is 1. The van der Waals surface area contributed by atoms with E-state index in [-0.39, 0.29) is 5.92 Å². The van der Waals surface area contributed by atoms with Crippen LogP contribution >= 0.6 is 0 Å². The highest BCUT2D eigenvalue weighted by molar-refractivity contribution is 5.72. The highest BCUT2D eigenvalue weighted by Crippen LogP contribution is 2.46. The molecule has 104 valence electrons. The first-order valence-electron chi connectivity index (χ1n) is 7.09. The van der Waals surface area contributed by atoms with E-state index in [1.165, 1.54) is 0 Å². The molecule has 1 aliphatic rings. The molecule has 3 heteroatoms. The Labute approximate surface area is 114 Å². The summed E-state index contributed by atoms with van der Waals surface area (Å²) < 4.78 is 0. The van der Waals surface area contributed by atoms with Gasteiger partial charge in [0, 0.05) is 5.92 Å². The molecule has 1 aliphatic carbocycles. The van der Waals surface area contributed by atoms with Crippen LogP contribution in [0.1, 0.15) is 50.5 Å². The summed E-state index contributed by atoms with van der Waals surface area (Å²) in [6, 6.07) is 9.84. The summed E-state index contributed by atoms with van der Waals surface area (Å²) in [6.45, 7) is 1.84. The van der Waals surface area contributed by atoms with E-state index in [1.807, 2.05) is 37.3 Å². The van der Waals surface area contributed by atoms with Crippen LogP contribution in [0.3, 0.4) is 0 Å². The van der Waals surface area contributed by atoms with Gasteiger partial charge in [0.1, 0.15) is 0 Å². The maximum absolute atomic E-state index is 11.5. The average molecular weight is 262 g/mol. The molecule has 0 amide bonds. The van der Waals surface area contributed by atoms with Crippen molar-refractivity contribution in [1.29, 1.82) is 0 Å². The lowest BCUT2D eigenvalue weighted by Gasteiger charge is -2.43. The standard InChI is InChI=1S/C16H22O3/c1-2-13(15(17)18)16(19)11-7-6-10-14(16)12-8-4-3-5-9-12/h3-5,8-9,13-14,19H,2,6-7,10-11H2,1H3,(H,17,18). The lowest BCUT2D eigenvalue weighted by atomic mass is 9.65. The van der Waals surface area contributed by atoms with Crippen LogP contribution in [0.15, 0.2) is 30.3 Å². The van der Waals surface area contributed by atoms with Crippen molar-refractivity contribution in [3.05, 3.63) is 35.9 Å². The van der Waals surface area contributed by atoms with Crippen LogP contribution < -0.4 is 0 Å². The van der Waals surface area contributed by atoms with Crippen molar-refractivity contribution in [1.82, 2.24) is 0 Å². The first-order valence-corrected chi connectivity index (χ1v) is 7.09. The Morgan fingerprint density at radius 1 is 1.37 bits per heavy atom. The number of aliphatic carboxylic acids is 1. The molecule has 1 saturated carbocycles. The largest absolute Gasteiger partial charge is 0.481 e. The lowest BCUT2D eigenvalue weighted by Crippen LogP contribution is -2.48. The molecule has 0 spiro atoms. The number of benzene rings is 1. The van der Waals surface area contributed by atoms with E-state index >= 15 is 0 Å². The fourth-order valence-electron chi connectivity index (χ4n) is 3.48. The van der Waals surface area contributed by atoms with Crippen LogP contribution in [0, 0.1) is 5.92 Å². The first-order chi connectivity index (χ1) is 9.09. The van der Waals surface area contributed by atoms with Gasteiger partial charge in [-0.05, 0) is 24.8 Å². The SMILES string of the molecule is CCC(C(=O)O)C1(O)CCCCC1c1ccccc1. The first kappa shape index (κ1) is 14.1. The van der Waals surface area contributed by atoms with Crippen molar-refractivity contribution in [3.8, 4) is 0 Å². The minimum absolute atomic E-state index is 0.0662. The molecule has 2 rings (SSSR count). The van der Waals surface area contributed by atoms with Gasteiger partial charge in [0.15, 0.2) is 0 Å². The Bertz CT molecular complexity index is 429. The van der Waals surface area contributed by atoms with Crippen LogP contribution in [-0.2, 0) is 4.79 Å². The van der Waals surface area contributed by atoms with Gasteiger partial charge in [-0.2, -0.15) is 0 Å². The van der Waals surface area contributed by atoms with E-state index < -0.39 is 17.5 Å². The summed E-state index contributed by atoms with van der Waals surface area (Å²) in [5, 5.41) is 20.4. The molecular weight excluding hydrogens is 240 g/mol. The number of aliphatic hydroxyl groups is 1. The Hall–Kier alpha value is -1.35. The smallest absolute Gasteiger partial charge is 0.309 e. The van der Waals surface area contributed by atoms with E-state index in [9.17, 15) is 15.0 Å². The third-order valence-electron chi connectivity index (χ3n) is 4.44. The van der Waals surface area contributed by atoms with Crippen molar-refractivity contribution in [3.63, 3.8) is 0 Å². The minimum Gasteiger partial charge on any atom is -0.481 e. The van der Waals surface area contributed by atoms with Crippen molar-refractivity contribution < 1.29 is 15.0 Å². The molecule has 0 aliphatic heterocycles. The Morgan fingerprint density at radius 3 is 2.63 bits per heavy atom. The number of carboxylic acid groups (broad SMARTS) is 1. The van der Waals surface area contributed by atoms with Gasteiger partial charge in [-0.1, -0.05) is 50.1 Å². The van der Waals surface area contributed by atoms with Gasteiger partial charge < -0.3 is 10.2 Å². The summed E-state index contributed by atoms with van der Waals surface area (Å²) in [5.74, 6) is -1.63. The molecule has 0 saturated heterocycles. The second-order valence-corrected chi connectivity index (χ2v) is 5.50. The summed E-state index contributed by atoms with van der Waals surface area (Å²) in [4.78, 5) is 11.5. The predicted molar refractivity (Wildman–Crippen MR) is 74.0 cm³/mol. The summed E-state index contributed by atoms with van der Waals surface area (Å²) in [6.07, 6.45) is 3.87. The summed E-state index contributed by atoms with van der Waals surface area (Å²) in [7, 11) is 0. The monoisotopic (exact) mass is 262 g/mol. The van der Waals surface area contributed by atoms with Crippen LogP contribution in [-0.4, -0.2) is 21.8 Å². The highest BCUT2D eigenvalue weighted by atomic mass is 16.4. The average Bonchev–Trinajstić information content (AvgIpc) is 2.40. The molecule has 0 radical (unpaired) electrons. The zero-order valence-electron chi connectivity index (χ0n) is 11.4. The van der Waals surface area contributed by atoms with Crippen LogP contribution in [0.4, 0.5) is 0 Å². The Kier molecular flexibility index (Phi) is 4.25. The number of carbonyl (C=O) groups is 1.